The maximum absolute atomic E-state index is 9.18. The molecule has 1 fully saturated rings. The fraction of sp³-hybridized carbons (Fsp3) is 1.00. The van der Waals surface area contributed by atoms with Crippen molar-refractivity contribution in [3.8, 4) is 0 Å². The Morgan fingerprint density at radius 2 is 1.92 bits per heavy atom. The van der Waals surface area contributed by atoms with Crippen molar-refractivity contribution in [1.29, 1.82) is 0 Å². The molecule has 4 atom stereocenters. The summed E-state index contributed by atoms with van der Waals surface area (Å²) in [6.45, 7) is -0.539. The standard InChI is InChI=1S/C6H13NO4.ClH/c8-1-3-6(11)5(7-3)4(10)2-9;/h3-11H,1-2H2;1H/t3-,4-,5+,6+;/m1./s1. The molecule has 0 aromatic heterocycles. The smallest absolute Gasteiger partial charge is 0.0949 e. The van der Waals surface area contributed by atoms with Crippen LogP contribution in [-0.4, -0.2) is 57.9 Å². The second kappa shape index (κ2) is 4.96. The number of rotatable bonds is 3. The van der Waals surface area contributed by atoms with Crippen molar-refractivity contribution in [2.45, 2.75) is 24.3 Å². The zero-order chi connectivity index (χ0) is 8.43. The van der Waals surface area contributed by atoms with Gasteiger partial charge in [-0.3, -0.25) is 0 Å². The Kier molecular flexibility index (Phi) is 5.00. The molecule has 0 spiro atoms. The number of aliphatic hydroxyl groups is 4. The zero-order valence-corrected chi connectivity index (χ0v) is 7.24. The third-order valence-electron chi connectivity index (χ3n) is 1.99. The Hall–Kier alpha value is 0.0900. The highest BCUT2D eigenvalue weighted by Gasteiger charge is 2.42. The predicted octanol–water partition coefficient (Wildman–Crippen LogP) is -2.54. The Bertz CT molecular complexity index is 137. The van der Waals surface area contributed by atoms with Crippen molar-refractivity contribution >= 4 is 12.4 Å². The van der Waals surface area contributed by atoms with Crippen LogP contribution in [0, 0.1) is 0 Å². The molecule has 1 aliphatic heterocycles. The monoisotopic (exact) mass is 199 g/mol. The molecule has 5 N–H and O–H groups in total. The topological polar surface area (TPSA) is 93.0 Å². The largest absolute Gasteiger partial charge is 0.395 e. The minimum atomic E-state index is -0.951. The van der Waals surface area contributed by atoms with E-state index in [-0.39, 0.29) is 31.7 Å². The summed E-state index contributed by atoms with van der Waals surface area (Å²) in [5.74, 6) is 0. The lowest BCUT2D eigenvalue weighted by molar-refractivity contribution is -0.0778. The summed E-state index contributed by atoms with van der Waals surface area (Å²) in [4.78, 5) is 0. The van der Waals surface area contributed by atoms with Gasteiger partial charge in [0.15, 0.2) is 0 Å². The van der Waals surface area contributed by atoms with Crippen LogP contribution in [0.5, 0.6) is 0 Å². The molecule has 1 aliphatic rings. The molecule has 74 valence electrons. The van der Waals surface area contributed by atoms with Gasteiger partial charge in [-0.1, -0.05) is 0 Å². The minimum absolute atomic E-state index is 0. The first kappa shape index (κ1) is 12.1. The summed E-state index contributed by atoms with van der Waals surface area (Å²) in [6, 6.07) is -0.863. The average molecular weight is 200 g/mol. The lowest BCUT2D eigenvalue weighted by Gasteiger charge is -2.43. The van der Waals surface area contributed by atoms with E-state index in [1.807, 2.05) is 0 Å². The molecule has 0 bridgehead atoms. The van der Waals surface area contributed by atoms with Crippen molar-refractivity contribution in [3.05, 3.63) is 0 Å². The van der Waals surface area contributed by atoms with Gasteiger partial charge < -0.3 is 25.7 Å². The van der Waals surface area contributed by atoms with Crippen molar-refractivity contribution in [3.63, 3.8) is 0 Å². The summed E-state index contributed by atoms with van der Waals surface area (Å²) in [7, 11) is 0. The van der Waals surface area contributed by atoms with Crippen LogP contribution < -0.4 is 5.32 Å². The Balaban J connectivity index is 0.00000121. The van der Waals surface area contributed by atoms with Gasteiger partial charge in [0.1, 0.15) is 0 Å². The predicted molar refractivity (Wildman–Crippen MR) is 44.1 cm³/mol. The number of aliphatic hydroxyl groups excluding tert-OH is 4. The van der Waals surface area contributed by atoms with Gasteiger partial charge >= 0.3 is 0 Å². The van der Waals surface area contributed by atoms with Crippen molar-refractivity contribution in [1.82, 2.24) is 5.32 Å². The Morgan fingerprint density at radius 1 is 1.33 bits per heavy atom. The zero-order valence-electron chi connectivity index (χ0n) is 6.42. The first-order valence-electron chi connectivity index (χ1n) is 3.54. The van der Waals surface area contributed by atoms with E-state index < -0.39 is 18.2 Å². The van der Waals surface area contributed by atoms with E-state index >= 15 is 0 Å². The number of nitrogens with one attached hydrogen (secondary N) is 1. The normalized spacial score (nSPS) is 36.5. The van der Waals surface area contributed by atoms with Crippen LogP contribution >= 0.6 is 12.4 Å². The first-order chi connectivity index (χ1) is 5.20. The van der Waals surface area contributed by atoms with E-state index in [0.29, 0.717) is 0 Å². The molecule has 0 unspecified atom stereocenters. The summed E-state index contributed by atoms with van der Waals surface area (Å²) in [5.41, 5.74) is 0. The maximum atomic E-state index is 9.18. The van der Waals surface area contributed by atoms with Gasteiger partial charge in [0.05, 0.1) is 37.5 Å². The van der Waals surface area contributed by atoms with E-state index in [1.165, 1.54) is 0 Å². The molecule has 6 heteroatoms. The second-order valence-corrected chi connectivity index (χ2v) is 2.72. The van der Waals surface area contributed by atoms with Crippen LogP contribution in [0.15, 0.2) is 0 Å². The van der Waals surface area contributed by atoms with E-state index in [0.717, 1.165) is 0 Å². The molecule has 1 rings (SSSR count). The van der Waals surface area contributed by atoms with E-state index in [9.17, 15) is 5.11 Å². The van der Waals surface area contributed by atoms with Crippen LogP contribution in [0.4, 0.5) is 0 Å². The van der Waals surface area contributed by atoms with E-state index in [2.05, 4.69) is 5.32 Å². The third kappa shape index (κ3) is 2.07. The molecule has 0 radical (unpaired) electrons. The van der Waals surface area contributed by atoms with Gasteiger partial charge in [0.25, 0.3) is 0 Å². The Morgan fingerprint density at radius 3 is 2.25 bits per heavy atom. The summed E-state index contributed by atoms with van der Waals surface area (Å²) in [5, 5.41) is 37.9. The van der Waals surface area contributed by atoms with Gasteiger partial charge in [0.2, 0.25) is 0 Å². The molecule has 12 heavy (non-hydrogen) atoms. The van der Waals surface area contributed by atoms with Crippen molar-refractivity contribution < 1.29 is 20.4 Å². The molecule has 1 heterocycles. The molecule has 0 saturated carbocycles. The van der Waals surface area contributed by atoms with E-state index in [1.54, 1.807) is 0 Å². The molecular weight excluding hydrogens is 186 g/mol. The third-order valence-corrected chi connectivity index (χ3v) is 1.99. The lowest BCUT2D eigenvalue weighted by atomic mass is 9.89. The van der Waals surface area contributed by atoms with Crippen LogP contribution in [0.2, 0.25) is 0 Å². The van der Waals surface area contributed by atoms with Crippen molar-refractivity contribution in [2.24, 2.45) is 0 Å². The van der Waals surface area contributed by atoms with E-state index in [4.69, 9.17) is 15.3 Å². The highest BCUT2D eigenvalue weighted by atomic mass is 35.5. The summed E-state index contributed by atoms with van der Waals surface area (Å²) in [6.07, 6.45) is -1.71. The number of hydrogen-bond donors (Lipinski definition) is 5. The average Bonchev–Trinajstić information content (AvgIpc) is 2.02. The molecular formula is C6H14ClNO4. The van der Waals surface area contributed by atoms with Gasteiger partial charge in [-0.2, -0.15) is 0 Å². The summed E-state index contributed by atoms with van der Waals surface area (Å²) < 4.78 is 0. The summed E-state index contributed by atoms with van der Waals surface area (Å²) >= 11 is 0. The number of hydrogen-bond acceptors (Lipinski definition) is 5. The molecule has 0 aliphatic carbocycles. The highest BCUT2D eigenvalue weighted by molar-refractivity contribution is 5.85. The van der Waals surface area contributed by atoms with Crippen LogP contribution in [-0.2, 0) is 0 Å². The highest BCUT2D eigenvalue weighted by Crippen LogP contribution is 2.15. The first-order valence-corrected chi connectivity index (χ1v) is 3.54. The van der Waals surface area contributed by atoms with Crippen LogP contribution in [0.1, 0.15) is 0 Å². The molecule has 0 amide bonds. The second-order valence-electron chi connectivity index (χ2n) is 2.72. The van der Waals surface area contributed by atoms with Gasteiger partial charge in [-0.15, -0.1) is 12.4 Å². The van der Waals surface area contributed by atoms with Gasteiger partial charge in [-0.05, 0) is 0 Å². The molecule has 5 nitrogen and oxygen atoms in total. The van der Waals surface area contributed by atoms with Gasteiger partial charge in [-0.25, -0.2) is 0 Å². The van der Waals surface area contributed by atoms with Gasteiger partial charge in [0, 0.05) is 0 Å². The lowest BCUT2D eigenvalue weighted by Crippen LogP contribution is -2.71. The fourth-order valence-electron chi connectivity index (χ4n) is 1.19. The van der Waals surface area contributed by atoms with Crippen molar-refractivity contribution in [2.75, 3.05) is 13.2 Å². The number of halogens is 1. The quantitative estimate of drug-likeness (QED) is 0.345. The molecule has 0 aromatic carbocycles. The fourth-order valence-corrected chi connectivity index (χ4v) is 1.19. The maximum Gasteiger partial charge on any atom is 0.0949 e. The van der Waals surface area contributed by atoms with Crippen LogP contribution in [0.3, 0.4) is 0 Å². The SMILES string of the molecule is Cl.OC[C@@H](O)[C@@H]1N[C@H](CO)[C@@H]1O. The van der Waals surface area contributed by atoms with Crippen LogP contribution in [0.25, 0.3) is 0 Å². The minimum Gasteiger partial charge on any atom is -0.395 e. The Labute approximate surface area is 76.4 Å². The molecule has 1 saturated heterocycles. The molecule has 0 aromatic rings.